The zero-order valence-electron chi connectivity index (χ0n) is 15.7. The molecule has 0 spiro atoms. The van der Waals surface area contributed by atoms with Crippen LogP contribution in [0.5, 0.6) is 0 Å². The van der Waals surface area contributed by atoms with Gasteiger partial charge in [-0.2, -0.15) is 4.36 Å². The number of benzene rings is 2. The summed E-state index contributed by atoms with van der Waals surface area (Å²) in [7, 11) is 3.94. The van der Waals surface area contributed by atoms with Gasteiger partial charge in [-0.3, -0.25) is 13.9 Å². The maximum Gasteiger partial charge on any atom is 0.332 e. The van der Waals surface area contributed by atoms with Crippen LogP contribution in [0.4, 0.5) is 5.82 Å². The molecule has 0 amide bonds. The summed E-state index contributed by atoms with van der Waals surface area (Å²) in [6, 6.07) is 19.6. The molecule has 1 N–H and O–H groups in total. The molecule has 0 aliphatic carbocycles. The highest BCUT2D eigenvalue weighted by Crippen LogP contribution is 2.24. The lowest BCUT2D eigenvalue weighted by atomic mass is 10.3. The van der Waals surface area contributed by atoms with Crippen molar-refractivity contribution in [2.24, 2.45) is 18.5 Å². The van der Waals surface area contributed by atoms with E-state index in [1.807, 2.05) is 60.7 Å². The van der Waals surface area contributed by atoms with E-state index in [4.69, 9.17) is 16.6 Å². The van der Waals surface area contributed by atoms with Gasteiger partial charge in [-0.05, 0) is 35.0 Å². The highest BCUT2D eigenvalue weighted by molar-refractivity contribution is 7.87. The first kappa shape index (κ1) is 19.9. The van der Waals surface area contributed by atoms with Crippen LogP contribution in [0, 0.1) is 0 Å². The second kappa shape index (κ2) is 8.45. The van der Waals surface area contributed by atoms with E-state index in [-0.39, 0.29) is 16.4 Å². The zero-order valence-corrected chi connectivity index (χ0v) is 17.4. The first-order chi connectivity index (χ1) is 13.5. The molecule has 28 heavy (non-hydrogen) atoms. The van der Waals surface area contributed by atoms with Gasteiger partial charge in [0.1, 0.15) is 10.6 Å². The highest BCUT2D eigenvalue weighted by atomic mass is 32.2. The summed E-state index contributed by atoms with van der Waals surface area (Å²) < 4.78 is 7.29. The van der Waals surface area contributed by atoms with E-state index < -0.39 is 21.9 Å². The smallest absolute Gasteiger partial charge is 0.332 e. The first-order valence-electron chi connectivity index (χ1n) is 8.54. The van der Waals surface area contributed by atoms with E-state index >= 15 is 0 Å². The van der Waals surface area contributed by atoms with Crippen LogP contribution in [0.15, 0.2) is 84.4 Å². The lowest BCUT2D eigenvalue weighted by Gasteiger charge is -2.15. The molecule has 8 heteroatoms. The maximum atomic E-state index is 12.8. The third kappa shape index (κ3) is 3.74. The maximum absolute atomic E-state index is 12.8. The van der Waals surface area contributed by atoms with Crippen molar-refractivity contribution in [3.05, 3.63) is 87.1 Å². The number of nitrogens with zero attached hydrogens (tertiary/aromatic N) is 3. The molecule has 0 atom stereocenters. The van der Waals surface area contributed by atoms with Crippen LogP contribution < -0.4 is 16.6 Å². The lowest BCUT2D eigenvalue weighted by Crippen LogP contribution is -2.41. The minimum absolute atomic E-state index is 0.214. The third-order valence-corrected chi connectivity index (χ3v) is 6.40. The van der Waals surface area contributed by atoms with Crippen LogP contribution >= 0.6 is 12.2 Å². The molecule has 0 fully saturated rings. The minimum Gasteiger partial charge on any atom is -0.379 e. The van der Waals surface area contributed by atoms with Crippen LogP contribution in [0.3, 0.4) is 0 Å². The summed E-state index contributed by atoms with van der Waals surface area (Å²) in [5, 5.41) is 2.84. The lowest BCUT2D eigenvalue weighted by molar-refractivity contribution is 0.687. The quantitative estimate of drug-likeness (QED) is 0.669. The van der Waals surface area contributed by atoms with Crippen molar-refractivity contribution in [1.82, 2.24) is 14.5 Å². The number of hydrogen-bond donors (Lipinski definition) is 1. The Kier molecular flexibility index (Phi) is 6.01. The average Bonchev–Trinajstić information content (AvgIpc) is 2.74. The summed E-state index contributed by atoms with van der Waals surface area (Å²) in [5.41, 5.74) is -0.701. The Labute approximate surface area is 170 Å². The van der Waals surface area contributed by atoms with E-state index in [0.29, 0.717) is 0 Å². The van der Waals surface area contributed by atoms with Crippen molar-refractivity contribution >= 4 is 33.7 Å². The number of rotatable bonds is 4. The minimum atomic E-state index is -0.735. The van der Waals surface area contributed by atoms with Crippen molar-refractivity contribution in [3.8, 4) is 0 Å². The number of aromatic nitrogens is 2. The van der Waals surface area contributed by atoms with E-state index in [9.17, 15) is 9.59 Å². The Morgan fingerprint density at radius 3 is 1.89 bits per heavy atom. The van der Waals surface area contributed by atoms with Crippen LogP contribution in [-0.4, -0.2) is 21.2 Å². The van der Waals surface area contributed by atoms with Gasteiger partial charge in [-0.15, -0.1) is 0 Å². The van der Waals surface area contributed by atoms with Crippen molar-refractivity contribution < 1.29 is 0 Å². The van der Waals surface area contributed by atoms with Gasteiger partial charge in [0, 0.05) is 30.9 Å². The van der Waals surface area contributed by atoms with Gasteiger partial charge in [0.25, 0.3) is 5.56 Å². The molecule has 0 saturated heterocycles. The summed E-state index contributed by atoms with van der Waals surface area (Å²) in [4.78, 5) is 27.5. The topological polar surface area (TPSA) is 68.4 Å². The van der Waals surface area contributed by atoms with Crippen LogP contribution in [0.2, 0.25) is 0 Å². The Morgan fingerprint density at radius 2 is 1.43 bits per heavy atom. The Bertz CT molecular complexity index is 1130. The van der Waals surface area contributed by atoms with Gasteiger partial charge >= 0.3 is 5.69 Å². The molecule has 3 aromatic rings. The largest absolute Gasteiger partial charge is 0.379 e. The van der Waals surface area contributed by atoms with Crippen molar-refractivity contribution in [3.63, 3.8) is 0 Å². The van der Waals surface area contributed by atoms with Gasteiger partial charge in [-0.25, -0.2) is 4.79 Å². The Morgan fingerprint density at radius 1 is 0.929 bits per heavy atom. The normalized spacial score (nSPS) is 10.7. The molecule has 1 heterocycles. The molecule has 1 aromatic heterocycles. The highest BCUT2D eigenvalue weighted by Gasteiger charge is 2.19. The Hall–Kier alpha value is -2.84. The molecule has 2 aromatic carbocycles. The molecule has 3 rings (SSSR count). The number of thiocarbonyl (C=S) groups is 1. The molecule has 144 valence electrons. The SMILES string of the molecule is CNC(=S)c1c(N=S(c2ccccc2)c2ccccc2)n(C)c(=O)n(C)c1=O. The molecule has 6 nitrogen and oxygen atoms in total. The fourth-order valence-corrected chi connectivity index (χ4v) is 4.57. The van der Waals surface area contributed by atoms with Gasteiger partial charge < -0.3 is 5.32 Å². The van der Waals surface area contributed by atoms with E-state index in [2.05, 4.69) is 5.32 Å². The molecule has 0 saturated carbocycles. The van der Waals surface area contributed by atoms with E-state index in [0.717, 1.165) is 14.4 Å². The molecular weight excluding hydrogens is 392 g/mol. The fraction of sp³-hybridized carbons (Fsp3) is 0.150. The second-order valence-corrected chi connectivity index (χ2v) is 8.09. The molecular formula is C20H20N4O2S2. The number of nitrogens with one attached hydrogen (secondary N) is 1. The predicted molar refractivity (Wildman–Crippen MR) is 117 cm³/mol. The Balaban J connectivity index is 2.40. The summed E-state index contributed by atoms with van der Waals surface area (Å²) in [5.74, 6) is 0.267. The third-order valence-electron chi connectivity index (χ3n) is 4.20. The summed E-state index contributed by atoms with van der Waals surface area (Å²) in [6.07, 6.45) is 0. The van der Waals surface area contributed by atoms with Gasteiger partial charge in [0.15, 0.2) is 5.82 Å². The standard InChI is InChI=1S/C20H20N4O2S2/c1-21-18(27)16-17(23(2)20(26)24(3)19(16)25)22-28(14-10-6-4-7-11-14)15-12-8-5-9-13-15/h4-13H,1-3H3,(H,21,27). The van der Waals surface area contributed by atoms with Gasteiger partial charge in [-0.1, -0.05) is 48.6 Å². The van der Waals surface area contributed by atoms with Crippen LogP contribution in [0.1, 0.15) is 5.56 Å². The monoisotopic (exact) mass is 412 g/mol. The molecule has 0 radical (unpaired) electrons. The van der Waals surface area contributed by atoms with E-state index in [1.54, 1.807) is 14.1 Å². The molecule has 0 bridgehead atoms. The van der Waals surface area contributed by atoms with Crippen LogP contribution in [-0.2, 0) is 24.8 Å². The van der Waals surface area contributed by atoms with Gasteiger partial charge in [0.05, 0.1) is 0 Å². The second-order valence-electron chi connectivity index (χ2n) is 5.99. The molecule has 0 aliphatic heterocycles. The van der Waals surface area contributed by atoms with E-state index in [1.165, 1.54) is 11.6 Å². The molecule has 0 aliphatic rings. The van der Waals surface area contributed by atoms with Crippen LogP contribution in [0.25, 0.3) is 0 Å². The van der Waals surface area contributed by atoms with Gasteiger partial charge in [0.2, 0.25) is 0 Å². The first-order valence-corrected chi connectivity index (χ1v) is 10.1. The predicted octanol–water partition coefficient (Wildman–Crippen LogP) is 2.53. The summed E-state index contributed by atoms with van der Waals surface area (Å²) in [6.45, 7) is 0. The average molecular weight is 413 g/mol. The van der Waals surface area contributed by atoms with Crippen molar-refractivity contribution in [1.29, 1.82) is 0 Å². The molecule has 0 unspecified atom stereocenters. The zero-order chi connectivity index (χ0) is 20.3. The van der Waals surface area contributed by atoms with Crippen molar-refractivity contribution in [2.45, 2.75) is 9.79 Å². The number of hydrogen-bond acceptors (Lipinski definition) is 4. The summed E-state index contributed by atoms with van der Waals surface area (Å²) >= 11 is 5.35. The van der Waals surface area contributed by atoms with Crippen molar-refractivity contribution in [2.75, 3.05) is 7.05 Å². The fourth-order valence-electron chi connectivity index (χ4n) is 2.69.